The lowest BCUT2D eigenvalue weighted by molar-refractivity contribution is -0.0294. The lowest BCUT2D eigenvalue weighted by Crippen LogP contribution is -2.56. The molecule has 0 aromatic heterocycles. The van der Waals surface area contributed by atoms with Crippen molar-refractivity contribution in [2.45, 2.75) is 85.4 Å². The molecular formula is C16H31NO2. The number of carbonyl (C=O) groups excluding carboxylic acids is 1. The lowest BCUT2D eigenvalue weighted by Gasteiger charge is -2.48. The van der Waals surface area contributed by atoms with Crippen molar-refractivity contribution in [3.05, 3.63) is 0 Å². The molecule has 1 aliphatic heterocycles. The van der Waals surface area contributed by atoms with Crippen LogP contribution in [0.3, 0.4) is 0 Å². The summed E-state index contributed by atoms with van der Waals surface area (Å²) in [6.45, 7) is 14.7. The molecule has 0 aromatic carbocycles. The van der Waals surface area contributed by atoms with Crippen LogP contribution < -0.4 is 0 Å². The summed E-state index contributed by atoms with van der Waals surface area (Å²) in [5, 5.41) is 0. The van der Waals surface area contributed by atoms with Crippen LogP contribution >= 0.6 is 0 Å². The molecule has 3 heteroatoms. The van der Waals surface area contributed by atoms with Gasteiger partial charge in [-0.25, -0.2) is 4.79 Å². The van der Waals surface area contributed by atoms with Gasteiger partial charge in [0.2, 0.25) is 0 Å². The van der Waals surface area contributed by atoms with Gasteiger partial charge >= 0.3 is 6.09 Å². The van der Waals surface area contributed by atoms with Crippen LogP contribution in [-0.4, -0.2) is 28.7 Å². The van der Waals surface area contributed by atoms with Crippen molar-refractivity contribution in [2.24, 2.45) is 11.8 Å². The van der Waals surface area contributed by atoms with Gasteiger partial charge in [-0.05, 0) is 51.9 Å². The molecule has 1 amide bonds. The second-order valence-electron chi connectivity index (χ2n) is 7.00. The van der Waals surface area contributed by atoms with E-state index in [4.69, 9.17) is 4.74 Å². The Balaban J connectivity index is 2.94. The Labute approximate surface area is 118 Å². The molecule has 1 saturated heterocycles. The molecule has 4 atom stereocenters. The molecule has 19 heavy (non-hydrogen) atoms. The number of rotatable bonds is 2. The van der Waals surface area contributed by atoms with Gasteiger partial charge in [-0.3, -0.25) is 0 Å². The van der Waals surface area contributed by atoms with Crippen LogP contribution in [0.1, 0.15) is 67.7 Å². The Morgan fingerprint density at radius 2 is 1.79 bits per heavy atom. The zero-order valence-electron chi connectivity index (χ0n) is 13.7. The highest BCUT2D eigenvalue weighted by Gasteiger charge is 2.41. The molecule has 0 aliphatic carbocycles. The zero-order chi connectivity index (χ0) is 14.8. The van der Waals surface area contributed by atoms with Gasteiger partial charge in [-0.1, -0.05) is 27.7 Å². The molecule has 0 spiro atoms. The molecular weight excluding hydrogens is 238 g/mol. The smallest absolute Gasteiger partial charge is 0.410 e. The quantitative estimate of drug-likeness (QED) is 0.741. The number of hydrogen-bond donors (Lipinski definition) is 0. The lowest BCUT2D eigenvalue weighted by atomic mass is 9.77. The maximum atomic E-state index is 12.5. The third-order valence-electron chi connectivity index (χ3n) is 4.39. The molecule has 0 saturated carbocycles. The Morgan fingerprint density at radius 1 is 1.21 bits per heavy atom. The van der Waals surface area contributed by atoms with E-state index in [0.717, 1.165) is 19.3 Å². The van der Waals surface area contributed by atoms with Crippen molar-refractivity contribution >= 4 is 6.09 Å². The number of hydrogen-bond acceptors (Lipinski definition) is 2. The van der Waals surface area contributed by atoms with E-state index in [9.17, 15) is 4.79 Å². The Hall–Kier alpha value is -0.730. The van der Waals surface area contributed by atoms with Crippen molar-refractivity contribution in [2.75, 3.05) is 0 Å². The van der Waals surface area contributed by atoms with Crippen molar-refractivity contribution in [3.63, 3.8) is 0 Å². The summed E-state index contributed by atoms with van der Waals surface area (Å²) in [5.41, 5.74) is -0.417. The highest BCUT2D eigenvalue weighted by atomic mass is 16.6. The van der Waals surface area contributed by atoms with Crippen LogP contribution in [0, 0.1) is 11.8 Å². The van der Waals surface area contributed by atoms with Crippen LogP contribution in [-0.2, 0) is 4.74 Å². The van der Waals surface area contributed by atoms with Crippen molar-refractivity contribution in [1.29, 1.82) is 0 Å². The highest BCUT2D eigenvalue weighted by molar-refractivity contribution is 5.69. The minimum Gasteiger partial charge on any atom is -0.444 e. The van der Waals surface area contributed by atoms with E-state index in [2.05, 4.69) is 27.7 Å². The SMILES string of the molecule is CC[C@@H]1C[C@H](C)[C@@H](C)[C@H](CC)N1C(=O)OC(C)(C)C. The van der Waals surface area contributed by atoms with Crippen LogP contribution in [0.4, 0.5) is 4.79 Å². The molecule has 1 aliphatic rings. The molecule has 0 N–H and O–H groups in total. The summed E-state index contributed by atoms with van der Waals surface area (Å²) in [4.78, 5) is 14.5. The Morgan fingerprint density at radius 3 is 2.21 bits per heavy atom. The fourth-order valence-electron chi connectivity index (χ4n) is 3.19. The van der Waals surface area contributed by atoms with E-state index < -0.39 is 5.60 Å². The second-order valence-corrected chi connectivity index (χ2v) is 7.00. The molecule has 1 heterocycles. The average molecular weight is 269 g/mol. The van der Waals surface area contributed by atoms with E-state index in [0.29, 0.717) is 23.9 Å². The summed E-state index contributed by atoms with van der Waals surface area (Å²) in [5.74, 6) is 1.22. The van der Waals surface area contributed by atoms with Gasteiger partial charge in [0.25, 0.3) is 0 Å². The number of carbonyl (C=O) groups is 1. The average Bonchev–Trinajstić information content (AvgIpc) is 2.29. The molecule has 0 radical (unpaired) electrons. The second kappa shape index (κ2) is 6.15. The normalized spacial score (nSPS) is 32.3. The van der Waals surface area contributed by atoms with Crippen molar-refractivity contribution in [1.82, 2.24) is 4.90 Å². The molecule has 3 nitrogen and oxygen atoms in total. The molecule has 112 valence electrons. The number of likely N-dealkylation sites (tertiary alicyclic amines) is 1. The van der Waals surface area contributed by atoms with E-state index in [1.54, 1.807) is 0 Å². The first-order chi connectivity index (χ1) is 8.71. The Bertz CT molecular complexity index is 308. The Kier molecular flexibility index (Phi) is 5.28. The standard InChI is InChI=1S/C16H31NO2/c1-8-13-10-11(3)12(4)14(9-2)17(13)15(18)19-16(5,6)7/h11-14H,8-10H2,1-7H3/t11-,12+,13+,14-/m0/s1. The van der Waals surface area contributed by atoms with Gasteiger partial charge in [-0.15, -0.1) is 0 Å². The maximum absolute atomic E-state index is 12.5. The summed E-state index contributed by atoms with van der Waals surface area (Å²) in [6, 6.07) is 0.634. The summed E-state index contributed by atoms with van der Waals surface area (Å²) < 4.78 is 5.61. The summed E-state index contributed by atoms with van der Waals surface area (Å²) in [7, 11) is 0. The van der Waals surface area contributed by atoms with E-state index in [-0.39, 0.29) is 6.09 Å². The fourth-order valence-corrected chi connectivity index (χ4v) is 3.19. The minimum atomic E-state index is -0.417. The fraction of sp³-hybridized carbons (Fsp3) is 0.938. The summed E-state index contributed by atoms with van der Waals surface area (Å²) >= 11 is 0. The van der Waals surface area contributed by atoms with E-state index in [1.165, 1.54) is 0 Å². The minimum absolute atomic E-state index is 0.134. The van der Waals surface area contributed by atoms with Crippen LogP contribution in [0.2, 0.25) is 0 Å². The van der Waals surface area contributed by atoms with Crippen molar-refractivity contribution in [3.8, 4) is 0 Å². The topological polar surface area (TPSA) is 29.5 Å². The monoisotopic (exact) mass is 269 g/mol. The van der Waals surface area contributed by atoms with Gasteiger partial charge in [0.1, 0.15) is 5.60 Å². The number of piperidine rings is 1. The molecule has 0 aromatic rings. The molecule has 1 fully saturated rings. The zero-order valence-corrected chi connectivity index (χ0v) is 13.7. The van der Waals surface area contributed by atoms with Gasteiger partial charge in [0.05, 0.1) is 0 Å². The van der Waals surface area contributed by atoms with Gasteiger partial charge < -0.3 is 9.64 Å². The largest absolute Gasteiger partial charge is 0.444 e. The first-order valence-corrected chi connectivity index (χ1v) is 7.72. The van der Waals surface area contributed by atoms with Crippen LogP contribution in [0.5, 0.6) is 0 Å². The number of nitrogens with zero attached hydrogens (tertiary/aromatic N) is 1. The predicted octanol–water partition coefficient (Wildman–Crippen LogP) is 4.46. The highest BCUT2D eigenvalue weighted by Crippen LogP contribution is 2.36. The predicted molar refractivity (Wildman–Crippen MR) is 79.2 cm³/mol. The third-order valence-corrected chi connectivity index (χ3v) is 4.39. The van der Waals surface area contributed by atoms with Crippen molar-refractivity contribution < 1.29 is 9.53 Å². The van der Waals surface area contributed by atoms with E-state index >= 15 is 0 Å². The van der Waals surface area contributed by atoms with Gasteiger partial charge in [0.15, 0.2) is 0 Å². The molecule has 0 bridgehead atoms. The molecule has 1 rings (SSSR count). The maximum Gasteiger partial charge on any atom is 0.410 e. The molecule has 0 unspecified atom stereocenters. The third kappa shape index (κ3) is 3.87. The summed E-state index contributed by atoms with van der Waals surface area (Å²) in [6.07, 6.45) is 2.96. The van der Waals surface area contributed by atoms with E-state index in [1.807, 2.05) is 25.7 Å². The number of amides is 1. The van der Waals surface area contributed by atoms with Crippen LogP contribution in [0.25, 0.3) is 0 Å². The number of ether oxygens (including phenoxy) is 1. The van der Waals surface area contributed by atoms with Gasteiger partial charge in [0, 0.05) is 12.1 Å². The van der Waals surface area contributed by atoms with Crippen LogP contribution in [0.15, 0.2) is 0 Å². The first-order valence-electron chi connectivity index (χ1n) is 7.72. The first kappa shape index (κ1) is 16.3. The van der Waals surface area contributed by atoms with Gasteiger partial charge in [-0.2, -0.15) is 0 Å².